The zero-order valence-electron chi connectivity index (χ0n) is 18.6. The molecule has 0 bridgehead atoms. The first kappa shape index (κ1) is 27.0. The van der Waals surface area contributed by atoms with Gasteiger partial charge in [-0.1, -0.05) is 5.17 Å². The van der Waals surface area contributed by atoms with Gasteiger partial charge in [-0.15, -0.1) is 12.4 Å². The number of aromatic nitrogens is 1. The van der Waals surface area contributed by atoms with Gasteiger partial charge in [0.15, 0.2) is 5.03 Å². The van der Waals surface area contributed by atoms with E-state index in [2.05, 4.69) is 10.4 Å². The molecule has 0 spiro atoms. The van der Waals surface area contributed by atoms with E-state index in [0.717, 1.165) is 25.7 Å². The normalized spacial score (nSPS) is 18.4. The molecule has 1 fully saturated rings. The molecular weight excluding hydrogens is 470 g/mol. The largest absolute Gasteiger partial charge is 0.497 e. The number of nitrogens with one attached hydrogen (secondary N) is 1. The number of nitrogens with zero attached hydrogens (tertiary/aromatic N) is 2. The van der Waals surface area contributed by atoms with Crippen molar-refractivity contribution in [1.82, 2.24) is 15.6 Å². The van der Waals surface area contributed by atoms with Crippen molar-refractivity contribution in [2.45, 2.75) is 54.7 Å². The van der Waals surface area contributed by atoms with Crippen LogP contribution in [-0.2, 0) is 25.9 Å². The molecule has 182 valence electrons. The zero-order chi connectivity index (χ0) is 23.1. The summed E-state index contributed by atoms with van der Waals surface area (Å²) in [7, 11) is -0.633. The lowest BCUT2D eigenvalue weighted by Gasteiger charge is -2.27. The van der Waals surface area contributed by atoms with Crippen LogP contribution in [0.5, 0.6) is 5.75 Å². The topological polar surface area (TPSA) is 118 Å². The van der Waals surface area contributed by atoms with Crippen molar-refractivity contribution in [2.75, 3.05) is 14.2 Å². The van der Waals surface area contributed by atoms with Gasteiger partial charge in [0.2, 0.25) is 15.7 Å². The van der Waals surface area contributed by atoms with Gasteiger partial charge in [0.25, 0.3) is 0 Å². The first-order chi connectivity index (χ1) is 15.3. The van der Waals surface area contributed by atoms with Gasteiger partial charge in [0, 0.05) is 19.7 Å². The fourth-order valence-electron chi connectivity index (χ4n) is 3.81. The van der Waals surface area contributed by atoms with Crippen molar-refractivity contribution < 1.29 is 27.9 Å². The van der Waals surface area contributed by atoms with Crippen molar-refractivity contribution in [2.24, 2.45) is 5.92 Å². The molecule has 0 aliphatic heterocycles. The Morgan fingerprint density at radius 3 is 2.42 bits per heavy atom. The number of hydrazine groups is 1. The lowest BCUT2D eigenvalue weighted by atomic mass is 9.85. The molecule has 0 atom stereocenters. The van der Waals surface area contributed by atoms with Crippen LogP contribution in [0.25, 0.3) is 0 Å². The first-order valence-corrected chi connectivity index (χ1v) is 11.9. The molecule has 1 aliphatic rings. The minimum Gasteiger partial charge on any atom is -0.497 e. The summed E-state index contributed by atoms with van der Waals surface area (Å²) in [4.78, 5) is 16.3. The number of pyridine rings is 1. The van der Waals surface area contributed by atoms with Gasteiger partial charge >= 0.3 is 0 Å². The number of hydroxylamine groups is 1. The molecule has 1 aromatic carbocycles. The molecule has 0 radical (unpaired) electrons. The molecule has 33 heavy (non-hydrogen) atoms. The van der Waals surface area contributed by atoms with Crippen molar-refractivity contribution in [1.29, 1.82) is 0 Å². The SMILES string of the molecule is COc1ccc(S(=O)(=O)c2cc(CN(O)NC(=O)CC3CCC(OC)CC3)ccn2)cc1.Cl. The Labute approximate surface area is 200 Å². The van der Waals surface area contributed by atoms with Crippen LogP contribution >= 0.6 is 12.4 Å². The highest BCUT2D eigenvalue weighted by atomic mass is 35.5. The van der Waals surface area contributed by atoms with Crippen LogP contribution in [0.15, 0.2) is 52.5 Å². The molecule has 9 nitrogen and oxygen atoms in total. The summed E-state index contributed by atoms with van der Waals surface area (Å²) in [6.45, 7) is -0.0875. The van der Waals surface area contributed by atoms with Crippen LogP contribution in [0.1, 0.15) is 37.7 Å². The Bertz CT molecular complexity index is 1010. The van der Waals surface area contributed by atoms with Crippen LogP contribution in [0.2, 0.25) is 0 Å². The van der Waals surface area contributed by atoms with Crippen LogP contribution in [0.4, 0.5) is 0 Å². The molecule has 1 heterocycles. The third kappa shape index (κ3) is 7.38. The van der Waals surface area contributed by atoms with Crippen LogP contribution in [0, 0.1) is 5.92 Å². The number of hydrogen-bond donors (Lipinski definition) is 2. The maximum Gasteiger partial charge on any atom is 0.236 e. The van der Waals surface area contributed by atoms with E-state index >= 15 is 0 Å². The predicted molar refractivity (Wildman–Crippen MR) is 123 cm³/mol. The molecule has 1 aliphatic carbocycles. The molecular formula is C22H30ClN3O6S. The molecule has 2 aromatic rings. The van der Waals surface area contributed by atoms with Gasteiger partial charge in [-0.2, -0.15) is 0 Å². The molecule has 2 N–H and O–H groups in total. The average molecular weight is 500 g/mol. The van der Waals surface area contributed by atoms with Crippen LogP contribution in [-0.4, -0.2) is 50.0 Å². The highest BCUT2D eigenvalue weighted by Crippen LogP contribution is 2.28. The summed E-state index contributed by atoms with van der Waals surface area (Å²) >= 11 is 0. The van der Waals surface area contributed by atoms with E-state index in [-0.39, 0.29) is 46.8 Å². The van der Waals surface area contributed by atoms with E-state index in [0.29, 0.717) is 22.9 Å². The number of methoxy groups -OCH3 is 2. The number of ether oxygens (including phenoxy) is 2. The Hall–Kier alpha value is -2.24. The van der Waals surface area contributed by atoms with Gasteiger partial charge in [-0.3, -0.25) is 15.4 Å². The Kier molecular flexibility index (Phi) is 10.1. The third-order valence-corrected chi connectivity index (χ3v) is 7.30. The standard InChI is InChI=1S/C22H29N3O6S.ClH/c1-30-18-5-3-16(4-6-18)13-21(26)24-25(27)15-17-11-12-23-22(14-17)32(28,29)20-9-7-19(31-2)8-10-20;/h7-12,14,16,18,27H,3-6,13,15H2,1-2H3,(H,24,26);1H. The third-order valence-electron chi connectivity index (χ3n) is 5.63. The minimum atomic E-state index is -3.84. The summed E-state index contributed by atoms with van der Waals surface area (Å²) in [5.74, 6) is 0.523. The number of carbonyl (C=O) groups excluding carboxylic acids is 1. The predicted octanol–water partition coefficient (Wildman–Crippen LogP) is 3.16. The van der Waals surface area contributed by atoms with E-state index in [1.807, 2.05) is 0 Å². The Balaban J connectivity index is 0.00000385. The number of benzene rings is 1. The van der Waals surface area contributed by atoms with E-state index in [4.69, 9.17) is 9.47 Å². The molecule has 1 saturated carbocycles. The molecule has 11 heteroatoms. The second-order valence-corrected chi connectivity index (χ2v) is 9.75. The quantitative estimate of drug-likeness (QED) is 0.505. The lowest BCUT2D eigenvalue weighted by molar-refractivity contribution is -0.166. The Morgan fingerprint density at radius 1 is 1.15 bits per heavy atom. The fourth-order valence-corrected chi connectivity index (χ4v) is 5.05. The van der Waals surface area contributed by atoms with Crippen LogP contribution in [0.3, 0.4) is 0 Å². The smallest absolute Gasteiger partial charge is 0.236 e. The maximum absolute atomic E-state index is 12.9. The van der Waals surface area contributed by atoms with Crippen molar-refractivity contribution in [3.8, 4) is 5.75 Å². The summed E-state index contributed by atoms with van der Waals surface area (Å²) < 4.78 is 36.1. The number of carbonyl (C=O) groups is 1. The second-order valence-electron chi connectivity index (χ2n) is 7.86. The highest BCUT2D eigenvalue weighted by molar-refractivity contribution is 7.91. The van der Waals surface area contributed by atoms with Gasteiger partial charge in [0.1, 0.15) is 5.75 Å². The lowest BCUT2D eigenvalue weighted by Crippen LogP contribution is -2.40. The molecule has 0 saturated heterocycles. The first-order valence-electron chi connectivity index (χ1n) is 10.4. The molecule has 1 aromatic heterocycles. The van der Waals surface area contributed by atoms with Crippen molar-refractivity contribution in [3.05, 3.63) is 48.2 Å². The summed E-state index contributed by atoms with van der Waals surface area (Å²) in [5.41, 5.74) is 2.92. The number of sulfone groups is 1. The molecule has 1 amide bonds. The van der Waals surface area contributed by atoms with Gasteiger partial charge in [0.05, 0.1) is 24.7 Å². The number of hydrogen-bond acceptors (Lipinski definition) is 8. The van der Waals surface area contributed by atoms with E-state index in [9.17, 15) is 18.4 Å². The second kappa shape index (κ2) is 12.3. The van der Waals surface area contributed by atoms with E-state index in [1.54, 1.807) is 25.3 Å². The minimum absolute atomic E-state index is 0. The Morgan fingerprint density at radius 2 is 1.82 bits per heavy atom. The monoisotopic (exact) mass is 499 g/mol. The molecule has 3 rings (SSSR count). The average Bonchev–Trinajstić information content (AvgIpc) is 2.79. The summed E-state index contributed by atoms with van der Waals surface area (Å²) in [5, 5.41) is 10.7. The maximum atomic E-state index is 12.9. The van der Waals surface area contributed by atoms with Crippen LogP contribution < -0.4 is 10.2 Å². The van der Waals surface area contributed by atoms with E-state index in [1.165, 1.54) is 31.5 Å². The van der Waals surface area contributed by atoms with Crippen molar-refractivity contribution in [3.63, 3.8) is 0 Å². The van der Waals surface area contributed by atoms with Crippen molar-refractivity contribution >= 4 is 28.2 Å². The highest BCUT2D eigenvalue weighted by Gasteiger charge is 2.24. The number of amides is 1. The van der Waals surface area contributed by atoms with E-state index < -0.39 is 9.84 Å². The summed E-state index contributed by atoms with van der Waals surface area (Å²) in [6.07, 6.45) is 5.62. The fraction of sp³-hybridized carbons (Fsp3) is 0.455. The number of halogens is 1. The van der Waals surface area contributed by atoms with Gasteiger partial charge in [-0.05, 0) is 73.6 Å². The zero-order valence-corrected chi connectivity index (χ0v) is 20.3. The van der Waals surface area contributed by atoms with Gasteiger partial charge in [-0.25, -0.2) is 13.4 Å². The molecule has 0 unspecified atom stereocenters. The number of rotatable bonds is 9. The summed E-state index contributed by atoms with van der Waals surface area (Å²) in [6, 6.07) is 8.96. The van der Waals surface area contributed by atoms with Gasteiger partial charge < -0.3 is 9.47 Å².